The molecule has 3 rings (SSSR count). The second-order valence-corrected chi connectivity index (χ2v) is 6.99. The zero-order valence-electron chi connectivity index (χ0n) is 11.0. The molecule has 0 saturated carbocycles. The van der Waals surface area contributed by atoms with E-state index in [0.29, 0.717) is 5.92 Å². The largest absolute Gasteiger partial charge is 0.0772 e. The van der Waals surface area contributed by atoms with E-state index in [2.05, 4.69) is 85.8 Å². The Kier molecular flexibility index (Phi) is 3.62. The summed E-state index contributed by atoms with van der Waals surface area (Å²) in [4.78, 5) is 0. The van der Waals surface area contributed by atoms with Gasteiger partial charge in [0.1, 0.15) is 0 Å². The summed E-state index contributed by atoms with van der Waals surface area (Å²) in [5.74, 6) is 0.548. The molecule has 2 aromatic rings. The monoisotopic (exact) mass is 264 g/mol. The molecule has 0 aliphatic heterocycles. The molecule has 1 atom stereocenters. The van der Waals surface area contributed by atoms with Gasteiger partial charge < -0.3 is 0 Å². The fourth-order valence-electron chi connectivity index (χ4n) is 2.45. The van der Waals surface area contributed by atoms with Gasteiger partial charge in [0.2, 0.25) is 0 Å². The zero-order chi connectivity index (χ0) is 13.1. The molecule has 0 N–H and O–H groups in total. The number of hydrogen-bond acceptors (Lipinski definition) is 0. The fourth-order valence-corrected chi connectivity index (χ4v) is 5.01. The van der Waals surface area contributed by atoms with E-state index in [1.165, 1.54) is 10.6 Å². The first-order chi connectivity index (χ1) is 9.36. The first kappa shape index (κ1) is 12.4. The molecule has 1 aliphatic carbocycles. The summed E-state index contributed by atoms with van der Waals surface area (Å²) in [7, 11) is -0.393. The topological polar surface area (TPSA) is 0 Å². The van der Waals surface area contributed by atoms with Gasteiger partial charge in [-0.15, -0.1) is 0 Å². The average Bonchev–Trinajstić information content (AvgIpc) is 2.88. The summed E-state index contributed by atoms with van der Waals surface area (Å²) in [6.07, 6.45) is 6.79. The number of rotatable bonds is 3. The highest BCUT2D eigenvalue weighted by Crippen LogP contribution is 2.48. The van der Waals surface area contributed by atoms with Gasteiger partial charge >= 0.3 is 0 Å². The highest BCUT2D eigenvalue weighted by atomic mass is 31.1. The van der Waals surface area contributed by atoms with E-state index < -0.39 is 7.92 Å². The summed E-state index contributed by atoms with van der Waals surface area (Å²) in [6.45, 7) is 2.29. The van der Waals surface area contributed by atoms with Crippen LogP contribution < -0.4 is 10.6 Å². The molecule has 0 aromatic heterocycles. The van der Waals surface area contributed by atoms with E-state index in [1.54, 1.807) is 5.31 Å². The number of allylic oxidation sites excluding steroid dienone is 4. The standard InChI is InChI=1S/C18H17P/c1-15-9-8-14-18(15)19(16-10-4-2-5-11-16)17-12-6-3-7-13-17/h2-15H,1H3. The van der Waals surface area contributed by atoms with E-state index in [4.69, 9.17) is 0 Å². The second-order valence-electron chi connectivity index (χ2n) is 4.77. The molecule has 0 heterocycles. The van der Waals surface area contributed by atoms with Crippen LogP contribution >= 0.6 is 7.92 Å². The molecule has 0 saturated heterocycles. The van der Waals surface area contributed by atoms with Crippen LogP contribution in [0.25, 0.3) is 0 Å². The summed E-state index contributed by atoms with van der Waals surface area (Å²) in [6, 6.07) is 21.8. The minimum absolute atomic E-state index is 0.393. The normalized spacial score (nSPS) is 17.8. The summed E-state index contributed by atoms with van der Waals surface area (Å²) >= 11 is 0. The van der Waals surface area contributed by atoms with Gasteiger partial charge in [-0.05, 0) is 23.8 Å². The molecular formula is C18H17P. The lowest BCUT2D eigenvalue weighted by Crippen LogP contribution is -2.14. The van der Waals surface area contributed by atoms with Gasteiger partial charge in [-0.2, -0.15) is 0 Å². The Labute approximate surface area is 116 Å². The van der Waals surface area contributed by atoms with Gasteiger partial charge in [0.25, 0.3) is 0 Å². The van der Waals surface area contributed by atoms with Crippen LogP contribution in [0.3, 0.4) is 0 Å². The predicted octanol–water partition coefficient (Wildman–Crippen LogP) is 4.21. The molecule has 1 heteroatoms. The van der Waals surface area contributed by atoms with Crippen LogP contribution in [0.4, 0.5) is 0 Å². The Hall–Kier alpha value is -1.65. The Morgan fingerprint density at radius 1 is 0.789 bits per heavy atom. The second kappa shape index (κ2) is 5.55. The number of benzene rings is 2. The van der Waals surface area contributed by atoms with Crippen molar-refractivity contribution in [1.82, 2.24) is 0 Å². The van der Waals surface area contributed by atoms with Gasteiger partial charge in [-0.3, -0.25) is 0 Å². The maximum atomic E-state index is 2.30. The predicted molar refractivity (Wildman–Crippen MR) is 85.5 cm³/mol. The quantitative estimate of drug-likeness (QED) is 0.728. The summed E-state index contributed by atoms with van der Waals surface area (Å²) in [5, 5.41) is 4.42. The lowest BCUT2D eigenvalue weighted by Gasteiger charge is -2.23. The highest BCUT2D eigenvalue weighted by molar-refractivity contribution is 7.76. The third kappa shape index (κ3) is 2.55. The van der Waals surface area contributed by atoms with Crippen LogP contribution in [0.15, 0.2) is 84.2 Å². The Morgan fingerprint density at radius 2 is 1.32 bits per heavy atom. The van der Waals surface area contributed by atoms with Crippen LogP contribution in [0.2, 0.25) is 0 Å². The van der Waals surface area contributed by atoms with Gasteiger partial charge in [0.15, 0.2) is 0 Å². The molecule has 0 nitrogen and oxygen atoms in total. The fraction of sp³-hybridized carbons (Fsp3) is 0.111. The van der Waals surface area contributed by atoms with Crippen molar-refractivity contribution >= 4 is 18.5 Å². The number of hydrogen-bond donors (Lipinski definition) is 0. The van der Waals surface area contributed by atoms with Crippen molar-refractivity contribution in [3.05, 3.63) is 84.2 Å². The van der Waals surface area contributed by atoms with Gasteiger partial charge in [-0.25, -0.2) is 0 Å². The third-order valence-corrected chi connectivity index (χ3v) is 6.12. The van der Waals surface area contributed by atoms with Crippen molar-refractivity contribution in [2.45, 2.75) is 6.92 Å². The minimum Gasteiger partial charge on any atom is -0.0772 e. The van der Waals surface area contributed by atoms with Crippen molar-refractivity contribution in [3.63, 3.8) is 0 Å². The molecule has 94 valence electrons. The molecule has 0 spiro atoms. The molecule has 0 bridgehead atoms. The zero-order valence-corrected chi connectivity index (χ0v) is 11.9. The van der Waals surface area contributed by atoms with Crippen molar-refractivity contribution in [2.24, 2.45) is 5.92 Å². The first-order valence-corrected chi connectivity index (χ1v) is 7.99. The molecule has 1 aliphatic rings. The average molecular weight is 264 g/mol. The van der Waals surface area contributed by atoms with Crippen molar-refractivity contribution < 1.29 is 0 Å². The van der Waals surface area contributed by atoms with Crippen LogP contribution in [-0.2, 0) is 0 Å². The van der Waals surface area contributed by atoms with E-state index in [0.717, 1.165) is 0 Å². The van der Waals surface area contributed by atoms with E-state index in [-0.39, 0.29) is 0 Å². The van der Waals surface area contributed by atoms with Crippen LogP contribution in [0.5, 0.6) is 0 Å². The Bertz CT molecular complexity index is 557. The highest BCUT2D eigenvalue weighted by Gasteiger charge is 2.23. The minimum atomic E-state index is -0.393. The van der Waals surface area contributed by atoms with Crippen LogP contribution in [0.1, 0.15) is 6.92 Å². The lowest BCUT2D eigenvalue weighted by atomic mass is 10.2. The third-order valence-electron chi connectivity index (χ3n) is 3.42. The van der Waals surface area contributed by atoms with E-state index >= 15 is 0 Å². The lowest BCUT2D eigenvalue weighted by molar-refractivity contribution is 0.938. The Balaban J connectivity index is 2.07. The van der Waals surface area contributed by atoms with Gasteiger partial charge in [-0.1, -0.05) is 85.8 Å². The van der Waals surface area contributed by atoms with Gasteiger partial charge in [0.05, 0.1) is 0 Å². The van der Waals surface area contributed by atoms with Crippen LogP contribution in [-0.4, -0.2) is 0 Å². The summed E-state index contributed by atoms with van der Waals surface area (Å²) in [5.41, 5.74) is 0. The SMILES string of the molecule is CC1C=CC=C1P(c1ccccc1)c1ccccc1. The van der Waals surface area contributed by atoms with Gasteiger partial charge in [0, 0.05) is 5.92 Å². The van der Waals surface area contributed by atoms with E-state index in [9.17, 15) is 0 Å². The molecule has 19 heavy (non-hydrogen) atoms. The molecule has 0 radical (unpaired) electrons. The smallest absolute Gasteiger partial charge is 0.000342 e. The van der Waals surface area contributed by atoms with Crippen molar-refractivity contribution in [2.75, 3.05) is 0 Å². The molecule has 2 aromatic carbocycles. The molecular weight excluding hydrogens is 247 g/mol. The maximum Gasteiger partial charge on any atom is 0.000342 e. The maximum absolute atomic E-state index is 2.30. The first-order valence-electron chi connectivity index (χ1n) is 6.65. The molecule has 1 unspecified atom stereocenters. The van der Waals surface area contributed by atoms with Crippen molar-refractivity contribution in [3.8, 4) is 0 Å². The molecule has 0 fully saturated rings. The molecule has 0 amide bonds. The van der Waals surface area contributed by atoms with E-state index in [1.807, 2.05) is 0 Å². The Morgan fingerprint density at radius 3 is 1.74 bits per heavy atom. The summed E-state index contributed by atoms with van der Waals surface area (Å²) < 4.78 is 0. The van der Waals surface area contributed by atoms with Crippen LogP contribution in [0, 0.1) is 5.92 Å². The van der Waals surface area contributed by atoms with Crippen molar-refractivity contribution in [1.29, 1.82) is 0 Å².